The fraction of sp³-hybridized carbons (Fsp3) is 0.0455. The molecule has 33 heavy (non-hydrogen) atoms. The Hall–Kier alpha value is -4.93. The molecular formula is C22H13N3O8. The van der Waals surface area contributed by atoms with Gasteiger partial charge in [0, 0.05) is 18.2 Å². The van der Waals surface area contributed by atoms with Crippen molar-refractivity contribution < 1.29 is 29.0 Å². The van der Waals surface area contributed by atoms with Crippen LogP contribution < -0.4 is 4.90 Å². The summed E-state index contributed by atoms with van der Waals surface area (Å²) in [5, 5.41) is 22.0. The van der Waals surface area contributed by atoms with Gasteiger partial charge in [0.05, 0.1) is 26.7 Å². The Morgan fingerprint density at radius 2 is 1.58 bits per heavy atom. The molecule has 0 aromatic heterocycles. The zero-order valence-corrected chi connectivity index (χ0v) is 16.7. The van der Waals surface area contributed by atoms with Crippen LogP contribution >= 0.6 is 0 Å². The van der Waals surface area contributed by atoms with Crippen LogP contribution in [0.4, 0.5) is 17.1 Å². The standard InChI is InChI=1S/C22H13N3O8/c26-20-17-5-2-6-18(25(31)32)19(17)21(27)23(20)16-4-1-3-14(11-16)22(28)33-12-13-7-9-15(10-8-13)24(29)30/h1-11H,12H2. The van der Waals surface area contributed by atoms with Gasteiger partial charge >= 0.3 is 5.97 Å². The first kappa shape index (κ1) is 21.3. The van der Waals surface area contributed by atoms with Crippen molar-refractivity contribution in [2.24, 2.45) is 0 Å². The van der Waals surface area contributed by atoms with E-state index in [2.05, 4.69) is 0 Å². The van der Waals surface area contributed by atoms with E-state index in [1.54, 1.807) is 0 Å². The minimum absolute atomic E-state index is 0.0421. The van der Waals surface area contributed by atoms with Gasteiger partial charge in [-0.25, -0.2) is 9.69 Å². The van der Waals surface area contributed by atoms with Crippen LogP contribution in [-0.4, -0.2) is 27.6 Å². The number of nitro groups is 2. The van der Waals surface area contributed by atoms with Crippen molar-refractivity contribution in [3.8, 4) is 0 Å². The highest BCUT2D eigenvalue weighted by Crippen LogP contribution is 2.34. The van der Waals surface area contributed by atoms with Gasteiger partial charge in [0.25, 0.3) is 23.2 Å². The third-order valence-corrected chi connectivity index (χ3v) is 4.95. The normalized spacial score (nSPS) is 12.4. The first-order chi connectivity index (χ1) is 15.8. The van der Waals surface area contributed by atoms with Crippen molar-refractivity contribution >= 4 is 34.8 Å². The molecule has 0 radical (unpaired) electrons. The lowest BCUT2D eigenvalue weighted by Gasteiger charge is -2.14. The lowest BCUT2D eigenvalue weighted by atomic mass is 10.1. The number of fused-ring (bicyclic) bond motifs is 1. The third kappa shape index (κ3) is 3.90. The molecule has 3 aromatic rings. The number of amides is 2. The SMILES string of the molecule is O=C(OCc1ccc([N+](=O)[O-])cc1)c1cccc(N2C(=O)c3cccc([N+](=O)[O-])c3C2=O)c1. The summed E-state index contributed by atoms with van der Waals surface area (Å²) in [6, 6.07) is 14.8. The average molecular weight is 447 g/mol. The highest BCUT2D eigenvalue weighted by atomic mass is 16.6. The quantitative estimate of drug-likeness (QED) is 0.240. The van der Waals surface area contributed by atoms with E-state index in [-0.39, 0.29) is 34.7 Å². The fourth-order valence-corrected chi connectivity index (χ4v) is 3.37. The Morgan fingerprint density at radius 1 is 0.879 bits per heavy atom. The highest BCUT2D eigenvalue weighted by Gasteiger charge is 2.41. The lowest BCUT2D eigenvalue weighted by molar-refractivity contribution is -0.385. The van der Waals surface area contributed by atoms with E-state index in [0.29, 0.717) is 5.56 Å². The van der Waals surface area contributed by atoms with Crippen molar-refractivity contribution in [2.45, 2.75) is 6.61 Å². The van der Waals surface area contributed by atoms with E-state index in [9.17, 15) is 34.6 Å². The van der Waals surface area contributed by atoms with Crippen molar-refractivity contribution in [1.82, 2.24) is 0 Å². The number of rotatable bonds is 6. The molecule has 1 aliphatic heterocycles. The monoisotopic (exact) mass is 447 g/mol. The van der Waals surface area contributed by atoms with Crippen LogP contribution in [0.5, 0.6) is 0 Å². The molecule has 0 spiro atoms. The van der Waals surface area contributed by atoms with Gasteiger partial charge in [-0.05, 0) is 42.0 Å². The van der Waals surface area contributed by atoms with Crippen LogP contribution in [0.15, 0.2) is 66.7 Å². The number of benzene rings is 3. The van der Waals surface area contributed by atoms with Gasteiger partial charge < -0.3 is 4.74 Å². The number of carbonyl (C=O) groups excluding carboxylic acids is 3. The Kier molecular flexibility index (Phi) is 5.36. The lowest BCUT2D eigenvalue weighted by Crippen LogP contribution is -2.29. The summed E-state index contributed by atoms with van der Waals surface area (Å²) in [4.78, 5) is 59.5. The average Bonchev–Trinajstić information content (AvgIpc) is 3.07. The van der Waals surface area contributed by atoms with Crippen LogP contribution in [0.3, 0.4) is 0 Å². The molecular weight excluding hydrogens is 434 g/mol. The maximum Gasteiger partial charge on any atom is 0.338 e. The van der Waals surface area contributed by atoms with Crippen LogP contribution in [0.25, 0.3) is 0 Å². The van der Waals surface area contributed by atoms with Crippen LogP contribution in [0, 0.1) is 20.2 Å². The molecule has 0 saturated heterocycles. The van der Waals surface area contributed by atoms with Gasteiger partial charge in [0.2, 0.25) is 0 Å². The predicted molar refractivity (Wildman–Crippen MR) is 113 cm³/mol. The maximum absolute atomic E-state index is 12.8. The number of esters is 1. The molecule has 3 aromatic carbocycles. The molecule has 1 heterocycles. The van der Waals surface area contributed by atoms with Crippen LogP contribution in [0.1, 0.15) is 36.6 Å². The molecule has 0 unspecified atom stereocenters. The Morgan fingerprint density at radius 3 is 2.24 bits per heavy atom. The van der Waals surface area contributed by atoms with Crippen molar-refractivity contribution in [3.05, 3.63) is 109 Å². The minimum Gasteiger partial charge on any atom is -0.457 e. The summed E-state index contributed by atoms with van der Waals surface area (Å²) in [6.45, 7) is -0.153. The number of ether oxygens (including phenoxy) is 1. The fourth-order valence-electron chi connectivity index (χ4n) is 3.37. The summed E-state index contributed by atoms with van der Waals surface area (Å²) >= 11 is 0. The number of nitro benzene ring substituents is 2. The second kappa shape index (κ2) is 8.30. The highest BCUT2D eigenvalue weighted by molar-refractivity contribution is 6.35. The van der Waals surface area contributed by atoms with E-state index >= 15 is 0 Å². The molecule has 11 heteroatoms. The summed E-state index contributed by atoms with van der Waals surface area (Å²) in [5.41, 5.74) is -0.358. The van der Waals surface area contributed by atoms with Crippen molar-refractivity contribution in [1.29, 1.82) is 0 Å². The molecule has 0 bridgehead atoms. The molecule has 1 aliphatic rings. The number of hydrogen-bond donors (Lipinski definition) is 0. The molecule has 11 nitrogen and oxygen atoms in total. The van der Waals surface area contributed by atoms with Gasteiger partial charge in [-0.2, -0.15) is 0 Å². The smallest absolute Gasteiger partial charge is 0.338 e. The first-order valence-corrected chi connectivity index (χ1v) is 9.44. The van der Waals surface area contributed by atoms with E-state index in [4.69, 9.17) is 4.74 Å². The molecule has 0 fully saturated rings. The van der Waals surface area contributed by atoms with Crippen LogP contribution in [0.2, 0.25) is 0 Å². The van der Waals surface area contributed by atoms with Crippen molar-refractivity contribution in [2.75, 3.05) is 4.90 Å². The second-order valence-electron chi connectivity index (χ2n) is 6.95. The van der Waals surface area contributed by atoms with Gasteiger partial charge in [-0.3, -0.25) is 29.8 Å². The third-order valence-electron chi connectivity index (χ3n) is 4.95. The first-order valence-electron chi connectivity index (χ1n) is 9.44. The summed E-state index contributed by atoms with van der Waals surface area (Å²) in [6.07, 6.45) is 0. The molecule has 0 N–H and O–H groups in total. The zero-order valence-electron chi connectivity index (χ0n) is 16.7. The molecule has 2 amide bonds. The molecule has 4 rings (SSSR count). The van der Waals surface area contributed by atoms with Gasteiger partial charge in [-0.1, -0.05) is 12.1 Å². The van der Waals surface area contributed by atoms with E-state index in [0.717, 1.165) is 11.0 Å². The van der Waals surface area contributed by atoms with Crippen LogP contribution in [-0.2, 0) is 11.3 Å². The maximum atomic E-state index is 12.8. The number of carbonyl (C=O) groups is 3. The largest absolute Gasteiger partial charge is 0.457 e. The van der Waals surface area contributed by atoms with Gasteiger partial charge in [0.15, 0.2) is 0 Å². The Bertz CT molecular complexity index is 1330. The van der Waals surface area contributed by atoms with Crippen molar-refractivity contribution in [3.63, 3.8) is 0 Å². The number of imide groups is 1. The van der Waals surface area contributed by atoms with E-state index in [1.807, 2.05) is 0 Å². The predicted octanol–water partition coefficient (Wildman–Crippen LogP) is 3.66. The summed E-state index contributed by atoms with van der Waals surface area (Å²) in [7, 11) is 0. The van der Waals surface area contributed by atoms with E-state index in [1.165, 1.54) is 60.7 Å². The number of anilines is 1. The molecule has 0 saturated carbocycles. The minimum atomic E-state index is -0.862. The number of non-ortho nitro benzene ring substituents is 1. The van der Waals surface area contributed by atoms with E-state index < -0.39 is 33.3 Å². The Labute approximate surface area is 185 Å². The van der Waals surface area contributed by atoms with Gasteiger partial charge in [0.1, 0.15) is 12.2 Å². The summed E-state index contributed by atoms with van der Waals surface area (Å²) in [5.74, 6) is -2.36. The number of hydrogen-bond acceptors (Lipinski definition) is 8. The molecule has 0 aliphatic carbocycles. The second-order valence-corrected chi connectivity index (χ2v) is 6.95. The topological polar surface area (TPSA) is 150 Å². The van der Waals surface area contributed by atoms with Gasteiger partial charge in [-0.15, -0.1) is 0 Å². The Balaban J connectivity index is 1.54. The zero-order chi connectivity index (χ0) is 23.7. The molecule has 164 valence electrons. The number of nitrogens with zero attached hydrogens (tertiary/aromatic N) is 3. The summed E-state index contributed by atoms with van der Waals surface area (Å²) < 4.78 is 5.21. The molecule has 0 atom stereocenters.